The summed E-state index contributed by atoms with van der Waals surface area (Å²) in [5.41, 5.74) is 1.78. The zero-order valence-corrected chi connectivity index (χ0v) is 31.7. The molecule has 1 aliphatic heterocycles. The lowest BCUT2D eigenvalue weighted by molar-refractivity contribution is -0.146. The van der Waals surface area contributed by atoms with Gasteiger partial charge in [-0.3, -0.25) is 33.8 Å². The van der Waals surface area contributed by atoms with Crippen molar-refractivity contribution in [2.24, 2.45) is 5.92 Å². The zero-order chi connectivity index (χ0) is 38.3. The van der Waals surface area contributed by atoms with Crippen LogP contribution in [0.1, 0.15) is 116 Å². The monoisotopic (exact) mass is 709 g/mol. The van der Waals surface area contributed by atoms with Crippen molar-refractivity contribution < 1.29 is 28.8 Å². The summed E-state index contributed by atoms with van der Waals surface area (Å²) in [7, 11) is 0. The van der Waals surface area contributed by atoms with Gasteiger partial charge < -0.3 is 26.2 Å². The molecule has 1 aliphatic carbocycles. The summed E-state index contributed by atoms with van der Waals surface area (Å²) < 4.78 is 0. The highest BCUT2D eigenvalue weighted by atomic mass is 16.2. The highest BCUT2D eigenvalue weighted by Gasteiger charge is 2.39. The molecule has 1 aromatic carbocycles. The van der Waals surface area contributed by atoms with Gasteiger partial charge in [0.05, 0.1) is 19.3 Å². The fourth-order valence-electron chi connectivity index (χ4n) is 4.43. The first-order valence-electron chi connectivity index (χ1n) is 18.2. The van der Waals surface area contributed by atoms with Crippen molar-refractivity contribution in [3.8, 4) is 0 Å². The number of unbranched alkanes of at least 4 members (excludes halogenated alkanes) is 1. The number of carbonyl (C=O) groups excluding carboxylic acids is 6. The van der Waals surface area contributed by atoms with E-state index in [1.165, 1.54) is 49.2 Å². The molecule has 0 spiro atoms. The predicted octanol–water partition coefficient (Wildman–Crippen LogP) is 3.90. The van der Waals surface area contributed by atoms with Crippen LogP contribution in [0.3, 0.4) is 0 Å². The zero-order valence-electron chi connectivity index (χ0n) is 31.7. The Balaban J connectivity index is 0.00000116. The number of ketones is 1. The Morgan fingerprint density at radius 3 is 1.98 bits per heavy atom. The SMILES string of the molecule is CC(C)C(NC(=O)CNC(=O)c1cnccn1)C(=O)N1Cc2ccccc2CC1C(=O)NCC(=O)C(=O)NC1CC1.CCC.CCC.CCCC. The lowest BCUT2D eigenvalue weighted by Gasteiger charge is -2.38. The van der Waals surface area contributed by atoms with E-state index in [1.807, 2.05) is 24.3 Å². The van der Waals surface area contributed by atoms with Crippen LogP contribution in [0.2, 0.25) is 0 Å². The number of fused-ring (bicyclic) bond motifs is 1. The molecular formula is C38H59N7O6. The van der Waals surface area contributed by atoms with Crippen molar-refractivity contribution in [2.75, 3.05) is 13.1 Å². The number of hydrogen-bond acceptors (Lipinski definition) is 8. The number of benzene rings is 1. The van der Waals surface area contributed by atoms with Crippen molar-refractivity contribution in [2.45, 2.75) is 125 Å². The van der Waals surface area contributed by atoms with Gasteiger partial charge in [0.25, 0.3) is 11.8 Å². The summed E-state index contributed by atoms with van der Waals surface area (Å²) in [6.45, 7) is 15.6. The third kappa shape index (κ3) is 16.3. The predicted molar refractivity (Wildman–Crippen MR) is 197 cm³/mol. The van der Waals surface area contributed by atoms with Crippen molar-refractivity contribution in [1.82, 2.24) is 36.1 Å². The Morgan fingerprint density at radius 1 is 0.843 bits per heavy atom. The van der Waals surface area contributed by atoms with Gasteiger partial charge in [-0.15, -0.1) is 0 Å². The van der Waals surface area contributed by atoms with Crippen LogP contribution >= 0.6 is 0 Å². The Labute approximate surface area is 303 Å². The van der Waals surface area contributed by atoms with Gasteiger partial charge in [0, 0.05) is 31.4 Å². The minimum Gasteiger partial charge on any atom is -0.347 e. The highest BCUT2D eigenvalue weighted by molar-refractivity contribution is 6.37. The van der Waals surface area contributed by atoms with Crippen LogP contribution in [0.25, 0.3) is 0 Å². The highest BCUT2D eigenvalue weighted by Crippen LogP contribution is 2.25. The molecule has 51 heavy (non-hydrogen) atoms. The number of carbonyl (C=O) groups is 6. The number of rotatable bonds is 12. The molecule has 0 radical (unpaired) electrons. The van der Waals surface area contributed by atoms with Crippen LogP contribution in [-0.4, -0.2) is 81.4 Å². The number of hydrogen-bond donors (Lipinski definition) is 4. The average Bonchev–Trinajstić information content (AvgIpc) is 3.95. The number of aromatic nitrogens is 2. The first-order valence-corrected chi connectivity index (χ1v) is 18.2. The fraction of sp³-hybridized carbons (Fsp3) is 0.579. The topological polar surface area (TPSA) is 180 Å². The van der Waals surface area contributed by atoms with E-state index in [2.05, 4.69) is 72.8 Å². The molecule has 0 saturated heterocycles. The Hall–Kier alpha value is -4.68. The number of nitrogens with zero attached hydrogens (tertiary/aromatic N) is 3. The molecular weight excluding hydrogens is 650 g/mol. The molecule has 2 unspecified atom stereocenters. The lowest BCUT2D eigenvalue weighted by atomic mass is 9.91. The van der Waals surface area contributed by atoms with Gasteiger partial charge in [-0.2, -0.15) is 0 Å². The molecule has 2 atom stereocenters. The third-order valence-electron chi connectivity index (χ3n) is 7.38. The van der Waals surface area contributed by atoms with Crippen LogP contribution in [0.5, 0.6) is 0 Å². The Morgan fingerprint density at radius 2 is 1.45 bits per heavy atom. The quantitative estimate of drug-likeness (QED) is 0.240. The summed E-state index contributed by atoms with van der Waals surface area (Å²) in [5, 5.41) is 10.2. The van der Waals surface area contributed by atoms with Gasteiger partial charge in [-0.25, -0.2) is 4.98 Å². The molecule has 13 heteroatoms. The van der Waals surface area contributed by atoms with E-state index in [1.54, 1.807) is 13.8 Å². The van der Waals surface area contributed by atoms with Gasteiger partial charge in [0.15, 0.2) is 0 Å². The van der Waals surface area contributed by atoms with Crippen molar-refractivity contribution in [1.29, 1.82) is 0 Å². The molecule has 4 rings (SSSR count). The molecule has 13 nitrogen and oxygen atoms in total. The van der Waals surface area contributed by atoms with E-state index in [0.29, 0.717) is 0 Å². The van der Waals surface area contributed by atoms with Crippen molar-refractivity contribution in [3.63, 3.8) is 0 Å². The van der Waals surface area contributed by atoms with Gasteiger partial charge in [-0.1, -0.05) is 105 Å². The molecule has 1 fully saturated rings. The maximum absolute atomic E-state index is 13.8. The van der Waals surface area contributed by atoms with Gasteiger partial charge in [-0.05, 0) is 29.9 Å². The van der Waals surface area contributed by atoms with Crippen LogP contribution in [0.4, 0.5) is 0 Å². The van der Waals surface area contributed by atoms with Crippen LogP contribution in [0.15, 0.2) is 42.9 Å². The van der Waals surface area contributed by atoms with Crippen LogP contribution in [-0.2, 0) is 36.9 Å². The second-order valence-electron chi connectivity index (χ2n) is 12.8. The summed E-state index contributed by atoms with van der Waals surface area (Å²) in [6, 6.07) is 5.44. The fourth-order valence-corrected chi connectivity index (χ4v) is 4.43. The summed E-state index contributed by atoms with van der Waals surface area (Å²) >= 11 is 0. The average molecular weight is 710 g/mol. The van der Waals surface area contributed by atoms with Gasteiger partial charge in [0.1, 0.15) is 17.8 Å². The number of amides is 5. The van der Waals surface area contributed by atoms with E-state index in [9.17, 15) is 28.8 Å². The molecule has 282 valence electrons. The molecule has 1 saturated carbocycles. The largest absolute Gasteiger partial charge is 0.347 e. The van der Waals surface area contributed by atoms with E-state index < -0.39 is 60.5 Å². The normalized spacial score (nSPS) is 14.7. The Kier molecular flexibility index (Phi) is 21.3. The molecule has 2 heterocycles. The summed E-state index contributed by atoms with van der Waals surface area (Å²) in [5.74, 6) is -4.12. The van der Waals surface area contributed by atoms with Crippen LogP contribution < -0.4 is 21.3 Å². The summed E-state index contributed by atoms with van der Waals surface area (Å²) in [6.07, 6.45) is 11.0. The molecule has 0 bridgehead atoms. The van der Waals surface area contributed by atoms with Crippen molar-refractivity contribution >= 4 is 35.3 Å². The molecule has 1 aromatic heterocycles. The molecule has 5 amide bonds. The number of nitrogens with one attached hydrogen (secondary N) is 4. The maximum Gasteiger partial charge on any atom is 0.289 e. The summed E-state index contributed by atoms with van der Waals surface area (Å²) in [4.78, 5) is 85.4. The van der Waals surface area contributed by atoms with Gasteiger partial charge >= 0.3 is 0 Å². The maximum atomic E-state index is 13.8. The van der Waals surface area contributed by atoms with E-state index in [4.69, 9.17) is 0 Å². The Bertz CT molecular complexity index is 1390. The van der Waals surface area contributed by atoms with Crippen LogP contribution in [0, 0.1) is 5.92 Å². The molecule has 2 aromatic rings. The second-order valence-corrected chi connectivity index (χ2v) is 12.8. The van der Waals surface area contributed by atoms with E-state index in [-0.39, 0.29) is 30.6 Å². The third-order valence-corrected chi connectivity index (χ3v) is 7.38. The van der Waals surface area contributed by atoms with Gasteiger partial charge in [0.2, 0.25) is 23.5 Å². The van der Waals surface area contributed by atoms with Crippen molar-refractivity contribution in [3.05, 3.63) is 59.7 Å². The first kappa shape index (κ1) is 44.3. The smallest absolute Gasteiger partial charge is 0.289 e. The standard InChI is InChI=1S/C28H33N7O6.C4H10.2C3H8/c1-16(2)24(34-23(37)14-32-25(38)20-12-29-9-10-30-20)28(41)35-15-18-6-4-3-5-17(18)11-21(35)26(39)31-13-22(36)27(40)33-19-7-8-19;1-3-4-2;2*1-3-2/h3-6,9-10,12,16,19,21,24H,7-8,11,13-15H2,1-2H3,(H,31,39)(H,32,38)(H,33,40)(H,34,37);3-4H2,1-2H3;2*3H2,1-2H3. The minimum absolute atomic E-state index is 0.00798. The molecule has 2 aliphatic rings. The minimum atomic E-state index is -0.998. The second kappa shape index (κ2) is 24.5. The molecule has 4 N–H and O–H groups in total. The van der Waals surface area contributed by atoms with E-state index >= 15 is 0 Å². The first-order chi connectivity index (χ1) is 24.4. The van der Waals surface area contributed by atoms with E-state index in [0.717, 1.165) is 24.0 Å². The number of Topliss-reactive ketones (excluding diaryl/α,β-unsaturated/α-hetero) is 1. The lowest BCUT2D eigenvalue weighted by Crippen LogP contribution is -2.59.